The average Bonchev–Trinajstić information content (AvgIpc) is 2.69. The van der Waals surface area contributed by atoms with Gasteiger partial charge in [-0.15, -0.1) is 0 Å². The minimum atomic E-state index is -0.409. The van der Waals surface area contributed by atoms with E-state index in [1.165, 1.54) is 0 Å². The van der Waals surface area contributed by atoms with E-state index in [-0.39, 0.29) is 17.7 Å². The van der Waals surface area contributed by atoms with Gasteiger partial charge < -0.3 is 14.2 Å². The zero-order valence-electron chi connectivity index (χ0n) is 17.7. The summed E-state index contributed by atoms with van der Waals surface area (Å²) in [7, 11) is 0. The lowest BCUT2D eigenvalue weighted by Gasteiger charge is -2.36. The first kappa shape index (κ1) is 21.2. The number of carbonyl (C=O) groups is 2. The van der Waals surface area contributed by atoms with Crippen molar-refractivity contribution in [2.24, 2.45) is 0 Å². The predicted molar refractivity (Wildman–Crippen MR) is 117 cm³/mol. The molecule has 0 saturated heterocycles. The molecule has 0 amide bonds. The van der Waals surface area contributed by atoms with E-state index in [0.29, 0.717) is 42.1 Å². The number of halogens is 1. The smallest absolute Gasteiger partial charge is 0.175 e. The van der Waals surface area contributed by atoms with Crippen LogP contribution >= 0.6 is 15.9 Å². The normalized spacial score (nSPS) is 19.6. The molecule has 0 bridgehead atoms. The van der Waals surface area contributed by atoms with Crippen molar-refractivity contribution in [3.63, 3.8) is 0 Å². The van der Waals surface area contributed by atoms with E-state index >= 15 is 0 Å². The summed E-state index contributed by atoms with van der Waals surface area (Å²) in [4.78, 5) is 25.9. The first-order valence-corrected chi connectivity index (χ1v) is 11.5. The van der Waals surface area contributed by atoms with Crippen molar-refractivity contribution in [1.82, 2.24) is 0 Å². The van der Waals surface area contributed by atoms with Crippen molar-refractivity contribution in [2.75, 3.05) is 6.61 Å². The summed E-state index contributed by atoms with van der Waals surface area (Å²) in [6.45, 7) is 6.33. The topological polar surface area (TPSA) is 61.8 Å². The first-order valence-electron chi connectivity index (χ1n) is 10.7. The molecule has 1 aromatic carbocycles. The number of allylic oxidation sites excluding steroid dienone is 4. The minimum absolute atomic E-state index is 0.0158. The van der Waals surface area contributed by atoms with Crippen LogP contribution in [0.4, 0.5) is 0 Å². The first-order chi connectivity index (χ1) is 14.4. The molecule has 30 heavy (non-hydrogen) atoms. The van der Waals surface area contributed by atoms with Crippen LogP contribution in [0.5, 0.6) is 11.5 Å². The van der Waals surface area contributed by atoms with Crippen molar-refractivity contribution < 1.29 is 23.8 Å². The van der Waals surface area contributed by atoms with Gasteiger partial charge >= 0.3 is 0 Å². The van der Waals surface area contributed by atoms with Crippen LogP contribution in [0.1, 0.15) is 70.8 Å². The number of carbonyl (C=O) groups excluding carboxylic acids is 2. The van der Waals surface area contributed by atoms with Gasteiger partial charge in [-0.05, 0) is 67.2 Å². The number of hydrogen-bond donors (Lipinski definition) is 0. The summed E-state index contributed by atoms with van der Waals surface area (Å²) in [5, 5.41) is 0. The van der Waals surface area contributed by atoms with E-state index in [0.717, 1.165) is 47.2 Å². The fraction of sp³-hybridized carbons (Fsp3) is 0.500. The molecule has 1 aromatic rings. The number of hydrogen-bond acceptors (Lipinski definition) is 5. The van der Waals surface area contributed by atoms with Crippen molar-refractivity contribution >= 4 is 27.5 Å². The van der Waals surface area contributed by atoms with Gasteiger partial charge in [0.2, 0.25) is 0 Å². The van der Waals surface area contributed by atoms with Crippen molar-refractivity contribution in [2.45, 2.75) is 71.3 Å². The van der Waals surface area contributed by atoms with Gasteiger partial charge in [0, 0.05) is 42.7 Å². The standard InChI is InChI=1S/C24H27BrO5/c1-4-28-20-12-14(11-15(25)24(20)29-13(2)3)21-22-16(26)7-5-9-18(22)30-19-10-6-8-17(27)23(19)21/h11-13,21H,4-10H2,1-3H3. The summed E-state index contributed by atoms with van der Waals surface area (Å²) in [5.74, 6) is 2.45. The van der Waals surface area contributed by atoms with Crippen LogP contribution in [0.2, 0.25) is 0 Å². The van der Waals surface area contributed by atoms with Gasteiger partial charge in [0.1, 0.15) is 11.5 Å². The molecular weight excluding hydrogens is 448 g/mol. The van der Waals surface area contributed by atoms with Crippen molar-refractivity contribution in [3.8, 4) is 11.5 Å². The lowest BCUT2D eigenvalue weighted by Crippen LogP contribution is -2.30. The molecule has 0 spiro atoms. The number of rotatable bonds is 5. The lowest BCUT2D eigenvalue weighted by atomic mass is 9.73. The number of ketones is 2. The van der Waals surface area contributed by atoms with Gasteiger partial charge in [-0.3, -0.25) is 9.59 Å². The third kappa shape index (κ3) is 3.82. The van der Waals surface area contributed by atoms with E-state index in [9.17, 15) is 9.59 Å². The Morgan fingerprint density at radius 2 is 1.63 bits per heavy atom. The fourth-order valence-corrected chi connectivity index (χ4v) is 5.07. The van der Waals surface area contributed by atoms with E-state index < -0.39 is 5.92 Å². The average molecular weight is 475 g/mol. The van der Waals surface area contributed by atoms with E-state index in [1.54, 1.807) is 0 Å². The van der Waals surface area contributed by atoms with Crippen LogP contribution < -0.4 is 9.47 Å². The Kier molecular flexibility index (Phi) is 6.05. The molecular formula is C24H27BrO5. The largest absolute Gasteiger partial charge is 0.490 e. The van der Waals surface area contributed by atoms with Gasteiger partial charge in [0.25, 0.3) is 0 Å². The molecule has 1 heterocycles. The summed E-state index contributed by atoms with van der Waals surface area (Å²) in [6.07, 6.45) is 4.00. The molecule has 0 N–H and O–H groups in total. The van der Waals surface area contributed by atoms with Gasteiger partial charge in [0.05, 0.1) is 17.2 Å². The zero-order valence-corrected chi connectivity index (χ0v) is 19.3. The molecule has 0 unspecified atom stereocenters. The number of Topliss-reactive ketones (excluding diaryl/α,β-unsaturated/α-hetero) is 2. The quantitative estimate of drug-likeness (QED) is 0.542. The van der Waals surface area contributed by atoms with Crippen LogP contribution in [0.25, 0.3) is 0 Å². The van der Waals surface area contributed by atoms with Crippen LogP contribution in [0.3, 0.4) is 0 Å². The van der Waals surface area contributed by atoms with Crippen LogP contribution in [0.15, 0.2) is 39.3 Å². The Labute approximate surface area is 185 Å². The molecule has 0 aromatic heterocycles. The highest BCUT2D eigenvalue weighted by Crippen LogP contribution is 2.50. The molecule has 3 aliphatic rings. The Morgan fingerprint density at radius 3 is 2.17 bits per heavy atom. The highest BCUT2D eigenvalue weighted by Gasteiger charge is 2.42. The second-order valence-corrected chi connectivity index (χ2v) is 9.05. The summed E-state index contributed by atoms with van der Waals surface area (Å²) < 4.78 is 18.7. The highest BCUT2D eigenvalue weighted by molar-refractivity contribution is 9.10. The molecule has 0 saturated carbocycles. The van der Waals surface area contributed by atoms with E-state index in [1.807, 2.05) is 32.9 Å². The highest BCUT2D eigenvalue weighted by atomic mass is 79.9. The van der Waals surface area contributed by atoms with Crippen molar-refractivity contribution in [3.05, 3.63) is 44.8 Å². The maximum atomic E-state index is 13.0. The maximum Gasteiger partial charge on any atom is 0.175 e. The monoisotopic (exact) mass is 474 g/mol. The summed E-state index contributed by atoms with van der Waals surface area (Å²) in [5.41, 5.74) is 2.14. The molecule has 6 heteroatoms. The Morgan fingerprint density at radius 1 is 1.03 bits per heavy atom. The fourth-order valence-electron chi connectivity index (χ4n) is 4.52. The van der Waals surface area contributed by atoms with Crippen LogP contribution in [0, 0.1) is 0 Å². The second-order valence-electron chi connectivity index (χ2n) is 8.19. The van der Waals surface area contributed by atoms with Gasteiger partial charge in [-0.1, -0.05) is 0 Å². The number of benzene rings is 1. The minimum Gasteiger partial charge on any atom is -0.490 e. The summed E-state index contributed by atoms with van der Waals surface area (Å²) in [6, 6.07) is 3.87. The number of ether oxygens (including phenoxy) is 3. The van der Waals surface area contributed by atoms with Gasteiger partial charge in [0.15, 0.2) is 23.1 Å². The second kappa shape index (κ2) is 8.58. The van der Waals surface area contributed by atoms with Crippen LogP contribution in [-0.4, -0.2) is 24.3 Å². The molecule has 160 valence electrons. The molecule has 5 nitrogen and oxygen atoms in total. The molecule has 0 radical (unpaired) electrons. The predicted octanol–water partition coefficient (Wildman–Crippen LogP) is 5.76. The van der Waals surface area contributed by atoms with Gasteiger partial charge in [-0.2, -0.15) is 0 Å². The zero-order chi connectivity index (χ0) is 21.4. The van der Waals surface area contributed by atoms with Gasteiger partial charge in [-0.25, -0.2) is 0 Å². The van der Waals surface area contributed by atoms with Crippen LogP contribution in [-0.2, 0) is 14.3 Å². The molecule has 0 fully saturated rings. The maximum absolute atomic E-state index is 13.0. The third-order valence-corrected chi connectivity index (χ3v) is 6.25. The summed E-state index contributed by atoms with van der Waals surface area (Å²) >= 11 is 3.63. The molecule has 4 rings (SSSR count). The lowest BCUT2D eigenvalue weighted by molar-refractivity contribution is -0.117. The Hall–Kier alpha value is -2.08. The SMILES string of the molecule is CCOc1cc(C2C3=C(CCCC3=O)OC3=C2C(=O)CCC3)cc(Br)c1OC(C)C. The van der Waals surface area contributed by atoms with E-state index in [2.05, 4.69) is 15.9 Å². The molecule has 1 aliphatic heterocycles. The van der Waals surface area contributed by atoms with E-state index in [4.69, 9.17) is 14.2 Å². The Balaban J connectivity index is 1.89. The molecule has 2 aliphatic carbocycles. The molecule has 0 atom stereocenters. The van der Waals surface area contributed by atoms with Crippen molar-refractivity contribution in [1.29, 1.82) is 0 Å². The third-order valence-electron chi connectivity index (χ3n) is 5.66. The Bertz CT molecular complexity index is 915.